The highest BCUT2D eigenvalue weighted by Crippen LogP contribution is 2.29. The summed E-state index contributed by atoms with van der Waals surface area (Å²) in [6.45, 7) is 6.29. The number of hydrogen-bond acceptors (Lipinski definition) is 6. The molecular formula is C18H28N4O4. The Morgan fingerprint density at radius 1 is 1.04 bits per heavy atom. The standard InChI is InChI=1S/C18H28N4O4/c1-6-19-17(23)15-16(21-11(3)10(2)20-15)18(24)22-13-9-12(25-4)7-8-14(13)26-5/h7-11,15-16,20-21H,6H2,1-5H3,(H,19,23)(H,22,24). The monoisotopic (exact) mass is 364 g/mol. The molecule has 1 aliphatic heterocycles. The van der Waals surface area contributed by atoms with Crippen molar-refractivity contribution < 1.29 is 19.1 Å². The molecule has 1 aromatic rings. The van der Waals surface area contributed by atoms with Crippen LogP contribution in [0.5, 0.6) is 11.5 Å². The summed E-state index contributed by atoms with van der Waals surface area (Å²) in [5.74, 6) is 0.576. The number of amides is 2. The Morgan fingerprint density at radius 3 is 2.19 bits per heavy atom. The third-order valence-electron chi connectivity index (χ3n) is 4.55. The van der Waals surface area contributed by atoms with Crippen molar-refractivity contribution in [2.45, 2.75) is 44.9 Å². The van der Waals surface area contributed by atoms with E-state index < -0.39 is 12.1 Å². The van der Waals surface area contributed by atoms with Crippen molar-refractivity contribution >= 4 is 17.5 Å². The van der Waals surface area contributed by atoms with Gasteiger partial charge in [0.15, 0.2) is 0 Å². The fourth-order valence-corrected chi connectivity index (χ4v) is 2.91. The molecule has 0 bridgehead atoms. The van der Waals surface area contributed by atoms with Crippen molar-refractivity contribution in [2.24, 2.45) is 0 Å². The Kier molecular flexibility index (Phi) is 6.82. The second-order valence-electron chi connectivity index (χ2n) is 6.32. The second-order valence-corrected chi connectivity index (χ2v) is 6.32. The van der Waals surface area contributed by atoms with Crippen LogP contribution < -0.4 is 30.7 Å². The van der Waals surface area contributed by atoms with Gasteiger partial charge in [-0.3, -0.25) is 9.59 Å². The van der Waals surface area contributed by atoms with Crippen molar-refractivity contribution in [3.63, 3.8) is 0 Å². The number of ether oxygens (including phenoxy) is 2. The first-order chi connectivity index (χ1) is 12.4. The molecule has 1 heterocycles. The minimum Gasteiger partial charge on any atom is -0.497 e. The van der Waals surface area contributed by atoms with Gasteiger partial charge in [-0.2, -0.15) is 0 Å². The summed E-state index contributed by atoms with van der Waals surface area (Å²) < 4.78 is 10.5. The Bertz CT molecular complexity index is 652. The van der Waals surface area contributed by atoms with Gasteiger partial charge in [0.25, 0.3) is 0 Å². The van der Waals surface area contributed by atoms with Crippen molar-refractivity contribution in [1.29, 1.82) is 0 Å². The summed E-state index contributed by atoms with van der Waals surface area (Å²) in [4.78, 5) is 25.3. The summed E-state index contributed by atoms with van der Waals surface area (Å²) >= 11 is 0. The SMILES string of the molecule is CCNC(=O)C1NC(C)C(C)NC1C(=O)Nc1cc(OC)ccc1OC. The maximum absolute atomic E-state index is 12.9. The van der Waals surface area contributed by atoms with Crippen molar-refractivity contribution in [3.05, 3.63) is 18.2 Å². The van der Waals surface area contributed by atoms with E-state index in [4.69, 9.17) is 9.47 Å². The number of likely N-dealkylation sites (N-methyl/N-ethyl adjacent to an activating group) is 1. The van der Waals surface area contributed by atoms with E-state index in [0.717, 1.165) is 0 Å². The van der Waals surface area contributed by atoms with E-state index in [2.05, 4.69) is 21.3 Å². The lowest BCUT2D eigenvalue weighted by Gasteiger charge is -2.39. The van der Waals surface area contributed by atoms with Crippen molar-refractivity contribution in [3.8, 4) is 11.5 Å². The van der Waals surface area contributed by atoms with Gasteiger partial charge < -0.3 is 30.7 Å². The molecule has 0 saturated carbocycles. The molecule has 1 fully saturated rings. The molecule has 4 atom stereocenters. The van der Waals surface area contributed by atoms with Crippen molar-refractivity contribution in [2.75, 3.05) is 26.1 Å². The number of methoxy groups -OCH3 is 2. The van der Waals surface area contributed by atoms with Crippen molar-refractivity contribution in [1.82, 2.24) is 16.0 Å². The highest BCUT2D eigenvalue weighted by atomic mass is 16.5. The van der Waals surface area contributed by atoms with E-state index in [9.17, 15) is 9.59 Å². The van der Waals surface area contributed by atoms with Crippen LogP contribution in [0.2, 0.25) is 0 Å². The zero-order chi connectivity index (χ0) is 19.3. The van der Waals surface area contributed by atoms with Crippen LogP contribution in [-0.4, -0.2) is 56.7 Å². The molecule has 2 amide bonds. The van der Waals surface area contributed by atoms with Gasteiger partial charge in [-0.25, -0.2) is 0 Å². The van der Waals surface area contributed by atoms with Gasteiger partial charge in [-0.1, -0.05) is 0 Å². The van der Waals surface area contributed by atoms with Gasteiger partial charge in [-0.15, -0.1) is 0 Å². The van der Waals surface area contributed by atoms with Gasteiger partial charge in [0.05, 0.1) is 19.9 Å². The molecule has 2 rings (SSSR count). The number of anilines is 1. The average Bonchev–Trinajstić information content (AvgIpc) is 2.63. The first-order valence-corrected chi connectivity index (χ1v) is 8.74. The largest absolute Gasteiger partial charge is 0.497 e. The molecule has 26 heavy (non-hydrogen) atoms. The van der Waals surface area contributed by atoms with Crippen LogP contribution in [0.3, 0.4) is 0 Å². The lowest BCUT2D eigenvalue weighted by atomic mass is 9.97. The van der Waals surface area contributed by atoms with E-state index in [-0.39, 0.29) is 23.9 Å². The molecule has 1 saturated heterocycles. The topological polar surface area (TPSA) is 101 Å². The number of carbonyl (C=O) groups is 2. The number of benzene rings is 1. The number of nitrogens with one attached hydrogen (secondary N) is 4. The predicted octanol–water partition coefficient (Wildman–Crippen LogP) is 0.485. The highest BCUT2D eigenvalue weighted by Gasteiger charge is 2.40. The van der Waals surface area contributed by atoms with Crippen LogP contribution in [-0.2, 0) is 9.59 Å². The Hall–Kier alpha value is -2.32. The molecule has 8 nitrogen and oxygen atoms in total. The summed E-state index contributed by atoms with van der Waals surface area (Å²) in [6.07, 6.45) is 0. The highest BCUT2D eigenvalue weighted by molar-refractivity contribution is 6.01. The minimum absolute atomic E-state index is 0.0311. The van der Waals surface area contributed by atoms with Gasteiger partial charge in [-0.05, 0) is 32.9 Å². The molecule has 8 heteroatoms. The third-order valence-corrected chi connectivity index (χ3v) is 4.55. The fourth-order valence-electron chi connectivity index (χ4n) is 2.91. The maximum Gasteiger partial charge on any atom is 0.243 e. The molecule has 0 spiro atoms. The summed E-state index contributed by atoms with van der Waals surface area (Å²) in [5.41, 5.74) is 0.486. The average molecular weight is 364 g/mol. The predicted molar refractivity (Wildman–Crippen MR) is 99.6 cm³/mol. The first kappa shape index (κ1) is 20.0. The summed E-state index contributed by atoms with van der Waals surface area (Å²) in [6, 6.07) is 3.84. The first-order valence-electron chi connectivity index (χ1n) is 8.74. The number of hydrogen-bond donors (Lipinski definition) is 4. The zero-order valence-electron chi connectivity index (χ0n) is 15.9. The molecule has 1 aliphatic rings. The summed E-state index contributed by atoms with van der Waals surface area (Å²) in [7, 11) is 3.08. The van der Waals surface area contributed by atoms with Gasteiger partial charge >= 0.3 is 0 Å². The maximum atomic E-state index is 12.9. The Morgan fingerprint density at radius 2 is 1.65 bits per heavy atom. The van der Waals surface area contributed by atoms with E-state index >= 15 is 0 Å². The Balaban J connectivity index is 2.23. The van der Waals surface area contributed by atoms with Crippen LogP contribution in [0.4, 0.5) is 5.69 Å². The molecule has 144 valence electrons. The van der Waals surface area contributed by atoms with Gasteiger partial charge in [0.2, 0.25) is 11.8 Å². The number of carbonyl (C=O) groups excluding carboxylic acids is 2. The van der Waals surface area contributed by atoms with Crippen LogP contribution in [0.15, 0.2) is 18.2 Å². The van der Waals surface area contributed by atoms with Crippen LogP contribution in [0.25, 0.3) is 0 Å². The van der Waals surface area contributed by atoms with E-state index in [1.54, 1.807) is 25.3 Å². The van der Waals surface area contributed by atoms with Crippen LogP contribution in [0.1, 0.15) is 20.8 Å². The van der Waals surface area contributed by atoms with E-state index in [1.807, 2.05) is 20.8 Å². The zero-order valence-corrected chi connectivity index (χ0v) is 15.9. The smallest absolute Gasteiger partial charge is 0.243 e. The molecule has 0 radical (unpaired) electrons. The van der Waals surface area contributed by atoms with Gasteiger partial charge in [0, 0.05) is 24.7 Å². The second kappa shape index (κ2) is 8.86. The number of piperazine rings is 1. The lowest BCUT2D eigenvalue weighted by molar-refractivity contribution is -0.129. The molecule has 4 unspecified atom stereocenters. The minimum atomic E-state index is -0.719. The molecule has 0 aliphatic carbocycles. The Labute approximate surface area is 154 Å². The van der Waals surface area contributed by atoms with Gasteiger partial charge in [0.1, 0.15) is 23.6 Å². The summed E-state index contributed by atoms with van der Waals surface area (Å²) in [5, 5.41) is 12.1. The number of rotatable bonds is 6. The molecular weight excluding hydrogens is 336 g/mol. The fraction of sp³-hybridized carbons (Fsp3) is 0.556. The molecule has 4 N–H and O–H groups in total. The quantitative estimate of drug-likeness (QED) is 0.586. The normalized spacial score (nSPS) is 25.3. The molecule has 1 aromatic carbocycles. The lowest BCUT2D eigenvalue weighted by Crippen LogP contribution is -2.71. The van der Waals surface area contributed by atoms with E-state index in [1.165, 1.54) is 7.11 Å². The van der Waals surface area contributed by atoms with Crippen LogP contribution in [0, 0.1) is 0 Å². The third kappa shape index (κ3) is 4.44. The van der Waals surface area contributed by atoms with Crippen LogP contribution >= 0.6 is 0 Å². The molecule has 0 aromatic heterocycles. The van der Waals surface area contributed by atoms with E-state index in [0.29, 0.717) is 23.7 Å².